The Morgan fingerprint density at radius 3 is 2.44 bits per heavy atom. The average Bonchev–Trinajstić information content (AvgIpc) is 2.75. The van der Waals surface area contributed by atoms with E-state index in [9.17, 15) is 19.2 Å². The number of carbonyl (C=O) groups is 4. The van der Waals surface area contributed by atoms with Gasteiger partial charge in [-0.25, -0.2) is 4.79 Å². The van der Waals surface area contributed by atoms with Gasteiger partial charge in [-0.2, -0.15) is 0 Å². The van der Waals surface area contributed by atoms with Crippen molar-refractivity contribution in [1.82, 2.24) is 15.5 Å². The molecule has 0 aromatic heterocycles. The van der Waals surface area contributed by atoms with Crippen LogP contribution in [-0.4, -0.2) is 46.9 Å². The lowest BCUT2D eigenvalue weighted by molar-refractivity contribution is -0.156. The number of esters is 1. The van der Waals surface area contributed by atoms with Crippen molar-refractivity contribution in [2.45, 2.75) is 39.0 Å². The fraction of sp³-hybridized carbons (Fsp3) is 0.412. The fourth-order valence-electron chi connectivity index (χ4n) is 2.31. The van der Waals surface area contributed by atoms with Crippen molar-refractivity contribution >= 4 is 23.8 Å². The molecular weight excluding hydrogens is 326 g/mol. The molecular formula is C17H21N3O5. The van der Waals surface area contributed by atoms with Crippen LogP contribution in [0.2, 0.25) is 0 Å². The Morgan fingerprint density at radius 2 is 1.88 bits per heavy atom. The third-order valence-corrected chi connectivity index (χ3v) is 3.72. The van der Waals surface area contributed by atoms with E-state index in [0.717, 1.165) is 10.5 Å². The van der Waals surface area contributed by atoms with E-state index in [1.165, 1.54) is 20.8 Å². The van der Waals surface area contributed by atoms with E-state index in [0.29, 0.717) is 6.54 Å². The number of nitrogens with one attached hydrogen (secondary N) is 2. The number of rotatable bonds is 6. The van der Waals surface area contributed by atoms with Gasteiger partial charge in [-0.15, -0.1) is 0 Å². The molecule has 0 bridgehead atoms. The molecule has 2 N–H and O–H groups in total. The second-order valence-corrected chi connectivity index (χ2v) is 6.28. The number of ether oxygens (including phenoxy) is 1. The lowest BCUT2D eigenvalue weighted by atomic mass is 10.1. The predicted molar refractivity (Wildman–Crippen MR) is 88.2 cm³/mol. The van der Waals surface area contributed by atoms with Gasteiger partial charge in [0.15, 0.2) is 6.10 Å². The third-order valence-electron chi connectivity index (χ3n) is 3.72. The maximum absolute atomic E-state index is 12.0. The summed E-state index contributed by atoms with van der Waals surface area (Å²) in [4.78, 5) is 48.4. The third kappa shape index (κ3) is 4.56. The topological polar surface area (TPSA) is 105 Å². The van der Waals surface area contributed by atoms with Gasteiger partial charge >= 0.3 is 12.0 Å². The summed E-state index contributed by atoms with van der Waals surface area (Å²) in [7, 11) is 0. The molecule has 25 heavy (non-hydrogen) atoms. The zero-order valence-electron chi connectivity index (χ0n) is 14.4. The van der Waals surface area contributed by atoms with Crippen LogP contribution in [-0.2, 0) is 25.7 Å². The van der Waals surface area contributed by atoms with Crippen LogP contribution in [0.4, 0.5) is 4.79 Å². The molecule has 8 heteroatoms. The maximum Gasteiger partial charge on any atom is 0.327 e. The summed E-state index contributed by atoms with van der Waals surface area (Å²) in [6, 6.07) is 8.63. The molecule has 8 nitrogen and oxygen atoms in total. The Kier molecular flexibility index (Phi) is 5.41. The SMILES string of the molecule is CC(OC(=O)CN1C(=O)NC(C)(C)C1=O)C(=O)NCc1ccccc1. The Labute approximate surface area is 145 Å². The zero-order chi connectivity index (χ0) is 18.6. The largest absolute Gasteiger partial charge is 0.451 e. The van der Waals surface area contributed by atoms with E-state index < -0.39 is 42.0 Å². The van der Waals surface area contributed by atoms with Gasteiger partial charge in [0.05, 0.1) is 0 Å². The molecule has 1 atom stereocenters. The first-order valence-electron chi connectivity index (χ1n) is 7.86. The Morgan fingerprint density at radius 1 is 1.24 bits per heavy atom. The number of hydrogen-bond acceptors (Lipinski definition) is 5. The highest BCUT2D eigenvalue weighted by atomic mass is 16.5. The normalized spacial score (nSPS) is 17.0. The van der Waals surface area contributed by atoms with Gasteiger partial charge in [-0.1, -0.05) is 30.3 Å². The molecule has 1 saturated heterocycles. The lowest BCUT2D eigenvalue weighted by Crippen LogP contribution is -2.42. The number of amides is 4. The lowest BCUT2D eigenvalue weighted by Gasteiger charge is -2.17. The van der Waals surface area contributed by atoms with Gasteiger partial charge in [-0.3, -0.25) is 19.3 Å². The second-order valence-electron chi connectivity index (χ2n) is 6.28. The van der Waals surface area contributed by atoms with Crippen molar-refractivity contribution in [3.63, 3.8) is 0 Å². The van der Waals surface area contributed by atoms with Gasteiger partial charge in [-0.05, 0) is 26.3 Å². The van der Waals surface area contributed by atoms with Crippen molar-refractivity contribution in [1.29, 1.82) is 0 Å². The number of benzene rings is 1. The van der Waals surface area contributed by atoms with Crippen LogP contribution >= 0.6 is 0 Å². The van der Waals surface area contributed by atoms with E-state index in [2.05, 4.69) is 10.6 Å². The summed E-state index contributed by atoms with van der Waals surface area (Å²) >= 11 is 0. The van der Waals surface area contributed by atoms with E-state index in [1.54, 1.807) is 0 Å². The molecule has 0 saturated carbocycles. The molecule has 1 aliphatic rings. The smallest absolute Gasteiger partial charge is 0.327 e. The van der Waals surface area contributed by atoms with Crippen molar-refractivity contribution in [3.05, 3.63) is 35.9 Å². The predicted octanol–water partition coefficient (Wildman–Crippen LogP) is 0.565. The molecule has 0 radical (unpaired) electrons. The number of urea groups is 1. The Bertz CT molecular complexity index is 687. The highest BCUT2D eigenvalue weighted by Gasteiger charge is 2.45. The summed E-state index contributed by atoms with van der Waals surface area (Å²) in [5.41, 5.74) is -0.147. The van der Waals surface area contributed by atoms with Gasteiger partial charge in [0.2, 0.25) is 0 Å². The van der Waals surface area contributed by atoms with Gasteiger partial charge in [0.25, 0.3) is 11.8 Å². The summed E-state index contributed by atoms with van der Waals surface area (Å²) < 4.78 is 5.00. The molecule has 1 fully saturated rings. The molecule has 0 spiro atoms. The zero-order valence-corrected chi connectivity index (χ0v) is 14.4. The first-order chi connectivity index (χ1) is 11.7. The maximum atomic E-state index is 12.0. The average molecular weight is 347 g/mol. The number of nitrogens with zero attached hydrogens (tertiary/aromatic N) is 1. The van der Waals surface area contributed by atoms with E-state index in [1.807, 2.05) is 30.3 Å². The quantitative estimate of drug-likeness (QED) is 0.578. The summed E-state index contributed by atoms with van der Waals surface area (Å²) in [6.45, 7) is 4.28. The van der Waals surface area contributed by atoms with Crippen LogP contribution in [0.3, 0.4) is 0 Å². The van der Waals surface area contributed by atoms with Crippen LogP contribution < -0.4 is 10.6 Å². The van der Waals surface area contributed by atoms with Gasteiger partial charge in [0.1, 0.15) is 12.1 Å². The molecule has 2 rings (SSSR count). The monoisotopic (exact) mass is 347 g/mol. The van der Waals surface area contributed by atoms with Crippen LogP contribution in [0, 0.1) is 0 Å². The molecule has 1 aliphatic heterocycles. The van der Waals surface area contributed by atoms with Crippen molar-refractivity contribution in [2.75, 3.05) is 6.54 Å². The number of carbonyl (C=O) groups excluding carboxylic acids is 4. The first kappa shape index (κ1) is 18.4. The minimum absolute atomic E-state index is 0.308. The molecule has 1 unspecified atom stereocenters. The van der Waals surface area contributed by atoms with E-state index in [4.69, 9.17) is 4.74 Å². The van der Waals surface area contributed by atoms with Crippen molar-refractivity contribution in [3.8, 4) is 0 Å². The molecule has 1 heterocycles. The second kappa shape index (κ2) is 7.33. The van der Waals surface area contributed by atoms with Crippen LogP contribution in [0.1, 0.15) is 26.3 Å². The first-order valence-corrected chi connectivity index (χ1v) is 7.86. The molecule has 0 aliphatic carbocycles. The molecule has 4 amide bonds. The summed E-state index contributed by atoms with van der Waals surface area (Å²) in [5, 5.41) is 5.12. The summed E-state index contributed by atoms with van der Waals surface area (Å²) in [6.07, 6.45) is -1.04. The van der Waals surface area contributed by atoms with Crippen molar-refractivity contribution in [2.24, 2.45) is 0 Å². The van der Waals surface area contributed by atoms with Crippen molar-refractivity contribution < 1.29 is 23.9 Å². The van der Waals surface area contributed by atoms with Crippen LogP contribution in [0.5, 0.6) is 0 Å². The van der Waals surface area contributed by atoms with Crippen LogP contribution in [0.15, 0.2) is 30.3 Å². The standard InChI is InChI=1S/C17H21N3O5/c1-11(14(22)18-9-12-7-5-4-6-8-12)25-13(21)10-20-15(23)17(2,3)19-16(20)24/h4-8,11H,9-10H2,1-3H3,(H,18,22)(H,19,24). The molecule has 134 valence electrons. The van der Waals surface area contributed by atoms with E-state index >= 15 is 0 Å². The van der Waals surface area contributed by atoms with Gasteiger partial charge < -0.3 is 15.4 Å². The fourth-order valence-corrected chi connectivity index (χ4v) is 2.31. The Hall–Kier alpha value is -2.90. The molecule has 1 aromatic carbocycles. The van der Waals surface area contributed by atoms with Gasteiger partial charge in [0, 0.05) is 6.54 Å². The minimum atomic E-state index is -1.06. The Balaban J connectivity index is 1.82. The number of imide groups is 1. The van der Waals surface area contributed by atoms with Crippen LogP contribution in [0.25, 0.3) is 0 Å². The summed E-state index contributed by atoms with van der Waals surface area (Å²) in [5.74, 6) is -1.81. The highest BCUT2D eigenvalue weighted by molar-refractivity contribution is 6.08. The highest BCUT2D eigenvalue weighted by Crippen LogP contribution is 2.16. The number of hydrogen-bond donors (Lipinski definition) is 2. The molecule has 1 aromatic rings. The van der Waals surface area contributed by atoms with E-state index in [-0.39, 0.29) is 0 Å². The minimum Gasteiger partial charge on any atom is -0.451 e.